The third-order valence-corrected chi connectivity index (χ3v) is 3.62. The minimum Gasteiger partial charge on any atom is -0.493 e. The van der Waals surface area contributed by atoms with Gasteiger partial charge in [0.1, 0.15) is 5.75 Å². The maximum absolute atomic E-state index is 5.82. The molecule has 1 aliphatic heterocycles. The lowest BCUT2D eigenvalue weighted by molar-refractivity contribution is 0.229. The third kappa shape index (κ3) is 3.07. The molecule has 0 bridgehead atoms. The lowest BCUT2D eigenvalue weighted by Gasteiger charge is -2.26. The molecule has 1 atom stereocenters. The molecule has 0 aliphatic carbocycles. The molecule has 2 heterocycles. The van der Waals surface area contributed by atoms with Crippen LogP contribution < -0.4 is 15.0 Å². The van der Waals surface area contributed by atoms with E-state index in [1.54, 1.807) is 12.4 Å². The second kappa shape index (κ2) is 5.99. The Balaban J connectivity index is 1.65. The Morgan fingerprint density at radius 3 is 2.90 bits per heavy atom. The van der Waals surface area contributed by atoms with Crippen molar-refractivity contribution in [2.75, 3.05) is 37.5 Å². The van der Waals surface area contributed by atoms with Gasteiger partial charge in [0.15, 0.2) is 11.6 Å². The number of rotatable bonds is 4. The summed E-state index contributed by atoms with van der Waals surface area (Å²) in [6.07, 6.45) is 4.45. The Bertz CT molecular complexity index is 615. The number of anilines is 2. The number of benzene rings is 1. The standard InChI is InChI=1S/C16H20N4O/c1-20(2)16-15(17-7-8-18-16)19-10-12-9-13-5-3-4-6-14(13)21-11-12/h3-8,12H,9-11H2,1-2H3,(H,17,19)/t12-/m0/s1. The fourth-order valence-electron chi connectivity index (χ4n) is 2.55. The van der Waals surface area contributed by atoms with Crippen LogP contribution in [0, 0.1) is 5.92 Å². The second-order valence-electron chi connectivity index (χ2n) is 5.49. The molecule has 3 rings (SSSR count). The van der Waals surface area contributed by atoms with Crippen molar-refractivity contribution in [1.82, 2.24) is 9.97 Å². The number of ether oxygens (including phenoxy) is 1. The van der Waals surface area contributed by atoms with Crippen LogP contribution >= 0.6 is 0 Å². The highest BCUT2D eigenvalue weighted by atomic mass is 16.5. The zero-order valence-electron chi connectivity index (χ0n) is 12.4. The molecular formula is C16H20N4O. The minimum atomic E-state index is 0.442. The zero-order valence-corrected chi connectivity index (χ0v) is 12.4. The van der Waals surface area contributed by atoms with Crippen molar-refractivity contribution in [1.29, 1.82) is 0 Å². The molecule has 0 radical (unpaired) electrons. The Hall–Kier alpha value is -2.30. The monoisotopic (exact) mass is 284 g/mol. The Kier molecular flexibility index (Phi) is 3.90. The van der Waals surface area contributed by atoms with Gasteiger partial charge < -0.3 is 15.0 Å². The molecule has 5 nitrogen and oxygen atoms in total. The first-order valence-electron chi connectivity index (χ1n) is 7.17. The first kappa shape index (κ1) is 13.7. The van der Waals surface area contributed by atoms with Crippen LogP contribution in [0.1, 0.15) is 5.56 Å². The predicted octanol–water partition coefficient (Wildman–Crippen LogP) is 2.21. The highest BCUT2D eigenvalue weighted by molar-refractivity contribution is 5.59. The second-order valence-corrected chi connectivity index (χ2v) is 5.49. The van der Waals surface area contributed by atoms with Gasteiger partial charge in [0.25, 0.3) is 0 Å². The van der Waals surface area contributed by atoms with Crippen molar-refractivity contribution in [3.63, 3.8) is 0 Å². The van der Waals surface area contributed by atoms with E-state index in [1.165, 1.54) is 5.56 Å². The SMILES string of the molecule is CN(C)c1nccnc1NC[C@H]1COc2ccccc2C1. The first-order chi connectivity index (χ1) is 10.2. The molecule has 1 aliphatic rings. The summed E-state index contributed by atoms with van der Waals surface area (Å²) < 4.78 is 5.82. The van der Waals surface area contributed by atoms with Crippen LogP contribution in [0.5, 0.6) is 5.75 Å². The zero-order chi connectivity index (χ0) is 14.7. The molecule has 0 saturated heterocycles. The van der Waals surface area contributed by atoms with E-state index in [4.69, 9.17) is 4.74 Å². The molecule has 0 unspecified atom stereocenters. The summed E-state index contributed by atoms with van der Waals surface area (Å²) in [6.45, 7) is 1.56. The molecule has 0 spiro atoms. The Morgan fingerprint density at radius 2 is 2.05 bits per heavy atom. The van der Waals surface area contributed by atoms with Crippen LogP contribution in [0.3, 0.4) is 0 Å². The van der Waals surface area contributed by atoms with E-state index in [2.05, 4.69) is 27.4 Å². The third-order valence-electron chi connectivity index (χ3n) is 3.62. The molecular weight excluding hydrogens is 264 g/mol. The average molecular weight is 284 g/mol. The van der Waals surface area contributed by atoms with Gasteiger partial charge >= 0.3 is 0 Å². The number of nitrogens with zero attached hydrogens (tertiary/aromatic N) is 3. The van der Waals surface area contributed by atoms with Crippen LogP contribution in [0.25, 0.3) is 0 Å². The van der Waals surface area contributed by atoms with Gasteiger partial charge in [0.2, 0.25) is 0 Å². The molecule has 0 saturated carbocycles. The van der Waals surface area contributed by atoms with Crippen molar-refractivity contribution in [2.24, 2.45) is 5.92 Å². The van der Waals surface area contributed by atoms with Gasteiger partial charge in [-0.1, -0.05) is 18.2 Å². The molecule has 110 valence electrons. The largest absolute Gasteiger partial charge is 0.493 e. The lowest BCUT2D eigenvalue weighted by Crippen LogP contribution is -2.28. The van der Waals surface area contributed by atoms with Gasteiger partial charge in [-0.25, -0.2) is 9.97 Å². The number of fused-ring (bicyclic) bond motifs is 1. The van der Waals surface area contributed by atoms with Gasteiger partial charge in [-0.15, -0.1) is 0 Å². The molecule has 2 aromatic rings. The van der Waals surface area contributed by atoms with E-state index >= 15 is 0 Å². The molecule has 0 amide bonds. The van der Waals surface area contributed by atoms with Crippen LogP contribution in [-0.2, 0) is 6.42 Å². The highest BCUT2D eigenvalue weighted by Gasteiger charge is 2.20. The van der Waals surface area contributed by atoms with Gasteiger partial charge in [-0.3, -0.25) is 0 Å². The number of aromatic nitrogens is 2. The normalized spacial score (nSPS) is 16.8. The Morgan fingerprint density at radius 1 is 1.24 bits per heavy atom. The van der Waals surface area contributed by atoms with Gasteiger partial charge in [-0.2, -0.15) is 0 Å². The van der Waals surface area contributed by atoms with Gasteiger partial charge in [0, 0.05) is 39.0 Å². The number of nitrogens with one attached hydrogen (secondary N) is 1. The van der Waals surface area contributed by atoms with E-state index < -0.39 is 0 Å². The number of hydrogen-bond acceptors (Lipinski definition) is 5. The van der Waals surface area contributed by atoms with Crippen molar-refractivity contribution < 1.29 is 4.74 Å². The van der Waals surface area contributed by atoms with Crippen LogP contribution in [0.15, 0.2) is 36.7 Å². The average Bonchev–Trinajstić information content (AvgIpc) is 2.53. The minimum absolute atomic E-state index is 0.442. The molecule has 1 N–H and O–H groups in total. The van der Waals surface area contributed by atoms with E-state index in [1.807, 2.05) is 31.1 Å². The fourth-order valence-corrected chi connectivity index (χ4v) is 2.55. The maximum Gasteiger partial charge on any atom is 0.171 e. The van der Waals surface area contributed by atoms with Crippen LogP contribution in [-0.4, -0.2) is 37.2 Å². The summed E-state index contributed by atoms with van der Waals surface area (Å²) >= 11 is 0. The summed E-state index contributed by atoms with van der Waals surface area (Å²) in [5.74, 6) is 3.13. The number of hydrogen-bond donors (Lipinski definition) is 1. The summed E-state index contributed by atoms with van der Waals surface area (Å²) in [4.78, 5) is 10.7. The number of para-hydroxylation sites is 1. The summed E-state index contributed by atoms with van der Waals surface area (Å²) in [5, 5.41) is 3.40. The maximum atomic E-state index is 5.82. The Labute approximate surface area is 125 Å². The highest BCUT2D eigenvalue weighted by Crippen LogP contribution is 2.27. The quantitative estimate of drug-likeness (QED) is 0.933. The van der Waals surface area contributed by atoms with Gasteiger partial charge in [0.05, 0.1) is 6.61 Å². The van der Waals surface area contributed by atoms with E-state index in [0.29, 0.717) is 5.92 Å². The topological polar surface area (TPSA) is 50.3 Å². The van der Waals surface area contributed by atoms with Crippen molar-refractivity contribution in [2.45, 2.75) is 6.42 Å². The lowest BCUT2D eigenvalue weighted by atomic mass is 9.97. The first-order valence-corrected chi connectivity index (χ1v) is 7.17. The van der Waals surface area contributed by atoms with Crippen LogP contribution in [0.4, 0.5) is 11.6 Å². The van der Waals surface area contributed by atoms with Crippen molar-refractivity contribution in [3.05, 3.63) is 42.2 Å². The molecule has 0 fully saturated rings. The van der Waals surface area contributed by atoms with Gasteiger partial charge in [-0.05, 0) is 18.1 Å². The summed E-state index contributed by atoms with van der Waals surface area (Å²) in [5.41, 5.74) is 1.28. The summed E-state index contributed by atoms with van der Waals surface area (Å²) in [6, 6.07) is 8.24. The smallest absolute Gasteiger partial charge is 0.171 e. The van der Waals surface area contributed by atoms with E-state index in [0.717, 1.165) is 37.0 Å². The molecule has 1 aromatic heterocycles. The molecule has 5 heteroatoms. The van der Waals surface area contributed by atoms with E-state index in [-0.39, 0.29) is 0 Å². The molecule has 21 heavy (non-hydrogen) atoms. The van der Waals surface area contributed by atoms with Crippen molar-refractivity contribution >= 4 is 11.6 Å². The van der Waals surface area contributed by atoms with E-state index in [9.17, 15) is 0 Å². The molecule has 1 aromatic carbocycles. The summed E-state index contributed by atoms with van der Waals surface area (Å²) in [7, 11) is 3.93. The predicted molar refractivity (Wildman–Crippen MR) is 84.0 cm³/mol. The van der Waals surface area contributed by atoms with Crippen molar-refractivity contribution in [3.8, 4) is 5.75 Å². The fraction of sp³-hybridized carbons (Fsp3) is 0.375. The van der Waals surface area contributed by atoms with Crippen LogP contribution in [0.2, 0.25) is 0 Å².